The van der Waals surface area contributed by atoms with Crippen LogP contribution in [-0.2, 0) is 4.79 Å². The first-order chi connectivity index (χ1) is 13.4. The molecule has 0 saturated carbocycles. The van der Waals surface area contributed by atoms with Crippen LogP contribution in [0.15, 0.2) is 59.8 Å². The van der Waals surface area contributed by atoms with E-state index in [1.807, 2.05) is 0 Å². The fourth-order valence-corrected chi connectivity index (χ4v) is 2.94. The molecular weight excluding hydrogens is 364 g/mol. The number of allylic oxidation sites excluding steroid dienone is 1. The van der Waals surface area contributed by atoms with Crippen molar-refractivity contribution >= 4 is 23.3 Å². The standard InChI is InChI=1S/C19H18N4O5/c1-11-16(18(24)21-13-4-3-5-14(10-13)23(26)27)17(22-19(25)20-11)12-6-8-15(28-2)9-7-12/h3-10,17H,1-2H3,(H,21,24)(H2,20,22,25)/t17-/m0/s1. The number of anilines is 1. The van der Waals surface area contributed by atoms with E-state index in [-0.39, 0.29) is 11.4 Å². The minimum Gasteiger partial charge on any atom is -0.497 e. The van der Waals surface area contributed by atoms with Gasteiger partial charge in [0.15, 0.2) is 0 Å². The van der Waals surface area contributed by atoms with Crippen molar-refractivity contribution in [3.8, 4) is 5.75 Å². The van der Waals surface area contributed by atoms with Crippen LogP contribution in [-0.4, -0.2) is 24.0 Å². The number of ether oxygens (including phenoxy) is 1. The Labute approximate surface area is 160 Å². The van der Waals surface area contributed by atoms with E-state index in [9.17, 15) is 19.7 Å². The minimum absolute atomic E-state index is 0.134. The number of nitro groups is 1. The summed E-state index contributed by atoms with van der Waals surface area (Å²) in [6, 6.07) is 11.5. The van der Waals surface area contributed by atoms with Gasteiger partial charge in [0.1, 0.15) is 5.75 Å². The quantitative estimate of drug-likeness (QED) is 0.542. The lowest BCUT2D eigenvalue weighted by Crippen LogP contribution is -2.45. The molecule has 1 aliphatic heterocycles. The van der Waals surface area contributed by atoms with Gasteiger partial charge in [-0.3, -0.25) is 14.9 Å². The fraction of sp³-hybridized carbons (Fsp3) is 0.158. The van der Waals surface area contributed by atoms with Crippen molar-refractivity contribution in [2.24, 2.45) is 0 Å². The van der Waals surface area contributed by atoms with Crippen molar-refractivity contribution in [2.75, 3.05) is 12.4 Å². The molecule has 0 spiro atoms. The van der Waals surface area contributed by atoms with Gasteiger partial charge in [-0.1, -0.05) is 18.2 Å². The lowest BCUT2D eigenvalue weighted by molar-refractivity contribution is -0.384. The summed E-state index contributed by atoms with van der Waals surface area (Å²) in [5.41, 5.74) is 1.54. The number of nitro benzene ring substituents is 1. The van der Waals surface area contributed by atoms with Gasteiger partial charge >= 0.3 is 6.03 Å². The van der Waals surface area contributed by atoms with E-state index in [4.69, 9.17) is 4.74 Å². The molecule has 3 amide bonds. The molecule has 9 heteroatoms. The topological polar surface area (TPSA) is 123 Å². The van der Waals surface area contributed by atoms with Gasteiger partial charge in [0.2, 0.25) is 0 Å². The molecule has 9 nitrogen and oxygen atoms in total. The summed E-state index contributed by atoms with van der Waals surface area (Å²) in [5, 5.41) is 18.9. The number of benzene rings is 2. The summed E-state index contributed by atoms with van der Waals surface area (Å²) in [6.07, 6.45) is 0. The first-order valence-electron chi connectivity index (χ1n) is 8.37. The molecule has 28 heavy (non-hydrogen) atoms. The van der Waals surface area contributed by atoms with Gasteiger partial charge < -0.3 is 20.7 Å². The van der Waals surface area contributed by atoms with Gasteiger partial charge in [-0.25, -0.2) is 4.79 Å². The molecule has 3 rings (SSSR count). The highest BCUT2D eigenvalue weighted by Gasteiger charge is 2.31. The summed E-state index contributed by atoms with van der Waals surface area (Å²) in [7, 11) is 1.54. The third-order valence-corrected chi connectivity index (χ3v) is 4.28. The van der Waals surface area contributed by atoms with Crippen molar-refractivity contribution in [3.05, 3.63) is 75.5 Å². The van der Waals surface area contributed by atoms with Crippen molar-refractivity contribution in [3.63, 3.8) is 0 Å². The van der Waals surface area contributed by atoms with Crippen LogP contribution in [0, 0.1) is 10.1 Å². The van der Waals surface area contributed by atoms with Crippen molar-refractivity contribution in [2.45, 2.75) is 13.0 Å². The highest BCUT2D eigenvalue weighted by Crippen LogP contribution is 2.29. The molecular formula is C19H18N4O5. The predicted molar refractivity (Wildman–Crippen MR) is 102 cm³/mol. The number of nitrogens with zero attached hydrogens (tertiary/aromatic N) is 1. The molecule has 3 N–H and O–H groups in total. The Balaban J connectivity index is 1.92. The second-order valence-corrected chi connectivity index (χ2v) is 6.10. The van der Waals surface area contributed by atoms with Gasteiger partial charge in [0, 0.05) is 23.5 Å². The second-order valence-electron chi connectivity index (χ2n) is 6.10. The zero-order chi connectivity index (χ0) is 20.3. The Morgan fingerprint density at radius 2 is 1.93 bits per heavy atom. The summed E-state index contributed by atoms with van der Waals surface area (Å²) in [5.74, 6) is 0.165. The van der Waals surface area contributed by atoms with Crippen LogP contribution in [0.25, 0.3) is 0 Å². The number of methoxy groups -OCH3 is 1. The van der Waals surface area contributed by atoms with E-state index in [0.29, 0.717) is 22.6 Å². The molecule has 1 heterocycles. The molecule has 1 aliphatic rings. The van der Waals surface area contributed by atoms with Gasteiger partial charge in [-0.15, -0.1) is 0 Å². The number of carbonyl (C=O) groups is 2. The summed E-state index contributed by atoms with van der Waals surface area (Å²) in [4.78, 5) is 35.3. The third-order valence-electron chi connectivity index (χ3n) is 4.28. The van der Waals surface area contributed by atoms with Gasteiger partial charge in [0.05, 0.1) is 23.6 Å². The molecule has 0 unspecified atom stereocenters. The lowest BCUT2D eigenvalue weighted by atomic mass is 9.94. The van der Waals surface area contributed by atoms with E-state index < -0.39 is 22.9 Å². The Morgan fingerprint density at radius 1 is 1.21 bits per heavy atom. The predicted octanol–water partition coefficient (Wildman–Crippen LogP) is 2.87. The molecule has 0 radical (unpaired) electrons. The minimum atomic E-state index is -0.682. The molecule has 0 saturated heterocycles. The van der Waals surface area contributed by atoms with E-state index in [2.05, 4.69) is 16.0 Å². The maximum absolute atomic E-state index is 12.9. The van der Waals surface area contributed by atoms with Gasteiger partial charge in [-0.2, -0.15) is 0 Å². The van der Waals surface area contributed by atoms with Crippen LogP contribution in [0.2, 0.25) is 0 Å². The van der Waals surface area contributed by atoms with Crippen LogP contribution in [0.3, 0.4) is 0 Å². The van der Waals surface area contributed by atoms with E-state index in [1.165, 1.54) is 18.2 Å². The van der Waals surface area contributed by atoms with Gasteiger partial charge in [0.25, 0.3) is 11.6 Å². The number of nitrogens with one attached hydrogen (secondary N) is 3. The maximum atomic E-state index is 12.9. The van der Waals surface area contributed by atoms with Crippen LogP contribution in [0.4, 0.5) is 16.2 Å². The Hall–Kier alpha value is -3.88. The number of non-ortho nitro benzene ring substituents is 1. The average molecular weight is 382 g/mol. The molecule has 1 atom stereocenters. The smallest absolute Gasteiger partial charge is 0.319 e. The van der Waals surface area contributed by atoms with Crippen molar-refractivity contribution in [1.29, 1.82) is 0 Å². The lowest BCUT2D eigenvalue weighted by Gasteiger charge is -2.28. The number of amides is 3. The Kier molecular flexibility index (Phi) is 5.25. The van der Waals surface area contributed by atoms with E-state index in [0.717, 1.165) is 0 Å². The zero-order valence-corrected chi connectivity index (χ0v) is 15.2. The van der Waals surface area contributed by atoms with Gasteiger partial charge in [-0.05, 0) is 30.7 Å². The molecule has 2 aromatic carbocycles. The fourth-order valence-electron chi connectivity index (χ4n) is 2.94. The first-order valence-corrected chi connectivity index (χ1v) is 8.37. The average Bonchev–Trinajstić information content (AvgIpc) is 2.67. The highest BCUT2D eigenvalue weighted by molar-refractivity contribution is 6.06. The number of rotatable bonds is 5. The number of hydrogen-bond acceptors (Lipinski definition) is 5. The monoisotopic (exact) mass is 382 g/mol. The molecule has 0 aliphatic carbocycles. The normalized spacial score (nSPS) is 16.1. The van der Waals surface area contributed by atoms with Crippen LogP contribution in [0.1, 0.15) is 18.5 Å². The number of urea groups is 1. The molecule has 2 aromatic rings. The van der Waals surface area contributed by atoms with E-state index in [1.54, 1.807) is 44.4 Å². The summed E-state index contributed by atoms with van der Waals surface area (Å²) in [6.45, 7) is 1.62. The molecule has 0 aromatic heterocycles. The highest BCUT2D eigenvalue weighted by atomic mass is 16.6. The molecule has 0 fully saturated rings. The maximum Gasteiger partial charge on any atom is 0.319 e. The van der Waals surface area contributed by atoms with Crippen LogP contribution in [0.5, 0.6) is 5.75 Å². The molecule has 144 valence electrons. The zero-order valence-electron chi connectivity index (χ0n) is 15.2. The second kappa shape index (κ2) is 7.78. The van der Waals surface area contributed by atoms with Crippen LogP contribution < -0.4 is 20.7 Å². The first kappa shape index (κ1) is 18.9. The Morgan fingerprint density at radius 3 is 2.57 bits per heavy atom. The van der Waals surface area contributed by atoms with Crippen molar-refractivity contribution in [1.82, 2.24) is 10.6 Å². The SMILES string of the molecule is COc1ccc([C@@H]2NC(=O)NC(C)=C2C(=O)Nc2cccc([N+](=O)[O-])c2)cc1. The largest absolute Gasteiger partial charge is 0.497 e. The Bertz CT molecular complexity index is 969. The van der Waals surface area contributed by atoms with E-state index >= 15 is 0 Å². The number of hydrogen-bond donors (Lipinski definition) is 3. The van der Waals surface area contributed by atoms with Crippen LogP contribution >= 0.6 is 0 Å². The van der Waals surface area contributed by atoms with Crippen molar-refractivity contribution < 1.29 is 19.2 Å². The third kappa shape index (κ3) is 3.93. The molecule has 0 bridgehead atoms. The summed E-state index contributed by atoms with van der Waals surface area (Å²) < 4.78 is 5.14. The summed E-state index contributed by atoms with van der Waals surface area (Å²) >= 11 is 0. The number of carbonyl (C=O) groups excluding carboxylic acids is 2.